The van der Waals surface area contributed by atoms with E-state index >= 15 is 0 Å². The number of oxazole rings is 1. The van der Waals surface area contributed by atoms with Crippen molar-refractivity contribution in [3.8, 4) is 0 Å². The number of nitrogen functional groups attached to an aromatic ring is 1. The summed E-state index contributed by atoms with van der Waals surface area (Å²) < 4.78 is 5.56. The second kappa shape index (κ2) is 4.58. The van der Waals surface area contributed by atoms with Crippen LogP contribution in [0, 0.1) is 5.41 Å². The summed E-state index contributed by atoms with van der Waals surface area (Å²) in [5.41, 5.74) is 7.23. The van der Waals surface area contributed by atoms with Crippen molar-refractivity contribution in [1.29, 1.82) is 0 Å². The Morgan fingerprint density at radius 2 is 1.95 bits per heavy atom. The highest BCUT2D eigenvalue weighted by Gasteiger charge is 2.37. The minimum atomic E-state index is -0.277. The van der Waals surface area contributed by atoms with E-state index in [0.717, 1.165) is 0 Å². The SMILES string of the molecule is CC1(C)CC(=O)N(Cc2nc3cc(N)ccc3o2)C(=O)C1. The second-order valence-corrected chi connectivity index (χ2v) is 6.23. The molecule has 21 heavy (non-hydrogen) atoms. The Balaban J connectivity index is 1.84. The van der Waals surface area contributed by atoms with Gasteiger partial charge in [0.25, 0.3) is 0 Å². The van der Waals surface area contributed by atoms with Crippen molar-refractivity contribution in [3.63, 3.8) is 0 Å². The third-order valence-electron chi connectivity index (χ3n) is 3.61. The zero-order valence-corrected chi connectivity index (χ0v) is 12.0. The van der Waals surface area contributed by atoms with Gasteiger partial charge in [-0.3, -0.25) is 14.5 Å². The predicted octanol–water partition coefficient (Wildman–Crippen LogP) is 2.09. The first-order chi connectivity index (χ1) is 9.84. The lowest BCUT2D eigenvalue weighted by atomic mass is 9.82. The second-order valence-electron chi connectivity index (χ2n) is 6.23. The average molecular weight is 287 g/mol. The molecule has 6 heteroatoms. The number of amides is 2. The summed E-state index contributed by atoms with van der Waals surface area (Å²) >= 11 is 0. The Kier molecular flexibility index (Phi) is 2.97. The van der Waals surface area contributed by atoms with Gasteiger partial charge in [-0.25, -0.2) is 4.98 Å². The zero-order valence-electron chi connectivity index (χ0n) is 12.0. The Morgan fingerprint density at radius 1 is 1.29 bits per heavy atom. The summed E-state index contributed by atoms with van der Waals surface area (Å²) in [4.78, 5) is 29.7. The molecule has 2 amide bonds. The summed E-state index contributed by atoms with van der Waals surface area (Å²) in [5, 5.41) is 0. The maximum atomic E-state index is 12.1. The Bertz CT molecular complexity index is 713. The van der Waals surface area contributed by atoms with Gasteiger partial charge in [0.1, 0.15) is 12.1 Å². The van der Waals surface area contributed by atoms with E-state index in [2.05, 4.69) is 4.98 Å². The van der Waals surface area contributed by atoms with E-state index in [4.69, 9.17) is 10.2 Å². The first kappa shape index (κ1) is 13.6. The monoisotopic (exact) mass is 287 g/mol. The van der Waals surface area contributed by atoms with Gasteiger partial charge >= 0.3 is 0 Å². The Hall–Kier alpha value is -2.37. The number of likely N-dealkylation sites (tertiary alicyclic amines) is 1. The van der Waals surface area contributed by atoms with E-state index in [1.54, 1.807) is 18.2 Å². The quantitative estimate of drug-likeness (QED) is 0.674. The number of nitrogens with two attached hydrogens (primary N) is 1. The number of aromatic nitrogens is 1. The maximum Gasteiger partial charge on any atom is 0.230 e. The molecule has 0 spiro atoms. The molecule has 1 fully saturated rings. The third-order valence-corrected chi connectivity index (χ3v) is 3.61. The van der Waals surface area contributed by atoms with Crippen molar-refractivity contribution in [2.45, 2.75) is 33.2 Å². The Morgan fingerprint density at radius 3 is 2.62 bits per heavy atom. The van der Waals surface area contributed by atoms with Gasteiger partial charge in [0, 0.05) is 18.5 Å². The fourth-order valence-corrected chi connectivity index (χ4v) is 2.58. The summed E-state index contributed by atoms with van der Waals surface area (Å²) in [6.07, 6.45) is 0.706. The minimum absolute atomic E-state index is 0.0718. The van der Waals surface area contributed by atoms with Crippen LogP contribution in [0.1, 0.15) is 32.6 Å². The lowest BCUT2D eigenvalue weighted by Crippen LogP contribution is -2.45. The van der Waals surface area contributed by atoms with E-state index in [-0.39, 0.29) is 23.8 Å². The highest BCUT2D eigenvalue weighted by Crippen LogP contribution is 2.32. The summed E-state index contributed by atoms with van der Waals surface area (Å²) in [7, 11) is 0. The van der Waals surface area contributed by atoms with Gasteiger partial charge in [-0.15, -0.1) is 0 Å². The van der Waals surface area contributed by atoms with Gasteiger partial charge in [-0.05, 0) is 23.6 Å². The zero-order chi connectivity index (χ0) is 15.2. The molecule has 1 saturated heterocycles. The normalized spacial score (nSPS) is 18.5. The molecule has 2 N–H and O–H groups in total. The first-order valence-corrected chi connectivity index (χ1v) is 6.82. The van der Waals surface area contributed by atoms with Crippen LogP contribution in [-0.2, 0) is 16.1 Å². The third kappa shape index (κ3) is 2.61. The molecule has 0 atom stereocenters. The van der Waals surface area contributed by atoms with Crippen LogP contribution in [0.25, 0.3) is 11.1 Å². The number of hydrogen-bond acceptors (Lipinski definition) is 5. The minimum Gasteiger partial charge on any atom is -0.439 e. The molecule has 2 aromatic rings. The molecule has 110 valence electrons. The molecule has 3 rings (SSSR count). The maximum absolute atomic E-state index is 12.1. The molecule has 1 aromatic carbocycles. The summed E-state index contributed by atoms with van der Waals surface area (Å²) in [6.45, 7) is 3.91. The molecular formula is C15H17N3O3. The van der Waals surface area contributed by atoms with Gasteiger partial charge < -0.3 is 10.2 Å². The van der Waals surface area contributed by atoms with Crippen LogP contribution in [0.2, 0.25) is 0 Å². The number of piperidine rings is 1. The van der Waals surface area contributed by atoms with Crippen molar-refractivity contribution in [2.24, 2.45) is 5.41 Å². The van der Waals surface area contributed by atoms with Crippen LogP contribution in [0.4, 0.5) is 5.69 Å². The standard InChI is InChI=1S/C15H17N3O3/c1-15(2)6-13(19)18(14(20)7-15)8-12-17-10-5-9(16)3-4-11(10)21-12/h3-5H,6-8,16H2,1-2H3. The van der Waals surface area contributed by atoms with E-state index < -0.39 is 0 Å². The molecule has 1 aliphatic rings. The van der Waals surface area contributed by atoms with Crippen LogP contribution < -0.4 is 5.73 Å². The largest absolute Gasteiger partial charge is 0.439 e. The Labute approximate surface area is 121 Å². The number of anilines is 1. The lowest BCUT2D eigenvalue weighted by Gasteiger charge is -2.33. The number of benzene rings is 1. The fourth-order valence-electron chi connectivity index (χ4n) is 2.58. The van der Waals surface area contributed by atoms with Crippen molar-refractivity contribution in [1.82, 2.24) is 9.88 Å². The van der Waals surface area contributed by atoms with Crippen LogP contribution in [0.3, 0.4) is 0 Å². The molecule has 0 radical (unpaired) electrons. The van der Waals surface area contributed by atoms with Crippen molar-refractivity contribution >= 4 is 28.6 Å². The molecule has 0 aliphatic carbocycles. The average Bonchev–Trinajstić information content (AvgIpc) is 2.74. The highest BCUT2D eigenvalue weighted by molar-refractivity contribution is 5.98. The number of rotatable bonds is 2. The van der Waals surface area contributed by atoms with Crippen LogP contribution in [0.15, 0.2) is 22.6 Å². The molecule has 1 aromatic heterocycles. The molecule has 0 saturated carbocycles. The van der Waals surface area contributed by atoms with Crippen LogP contribution in [-0.4, -0.2) is 21.7 Å². The lowest BCUT2D eigenvalue weighted by molar-refractivity contribution is -0.153. The number of nitrogens with zero attached hydrogens (tertiary/aromatic N) is 2. The van der Waals surface area contributed by atoms with Gasteiger partial charge in [0.2, 0.25) is 17.7 Å². The van der Waals surface area contributed by atoms with Crippen molar-refractivity contribution < 1.29 is 14.0 Å². The smallest absolute Gasteiger partial charge is 0.230 e. The van der Waals surface area contributed by atoms with E-state index in [1.165, 1.54) is 4.90 Å². The topological polar surface area (TPSA) is 89.4 Å². The van der Waals surface area contributed by atoms with Gasteiger partial charge in [0.15, 0.2) is 5.58 Å². The van der Waals surface area contributed by atoms with Crippen molar-refractivity contribution in [2.75, 3.05) is 5.73 Å². The fraction of sp³-hybridized carbons (Fsp3) is 0.400. The number of hydrogen-bond donors (Lipinski definition) is 1. The summed E-state index contributed by atoms with van der Waals surface area (Å²) in [5.74, 6) is -0.0203. The van der Waals surface area contributed by atoms with E-state index in [1.807, 2.05) is 13.8 Å². The molecule has 6 nitrogen and oxygen atoms in total. The van der Waals surface area contributed by atoms with Gasteiger partial charge in [-0.1, -0.05) is 13.8 Å². The number of fused-ring (bicyclic) bond motifs is 1. The molecule has 2 heterocycles. The molecule has 1 aliphatic heterocycles. The molecule has 0 unspecified atom stereocenters. The number of carbonyl (C=O) groups is 2. The van der Waals surface area contributed by atoms with E-state index in [0.29, 0.717) is 35.5 Å². The van der Waals surface area contributed by atoms with E-state index in [9.17, 15) is 9.59 Å². The van der Waals surface area contributed by atoms with Crippen LogP contribution >= 0.6 is 0 Å². The van der Waals surface area contributed by atoms with Gasteiger partial charge in [-0.2, -0.15) is 0 Å². The highest BCUT2D eigenvalue weighted by atomic mass is 16.3. The van der Waals surface area contributed by atoms with Gasteiger partial charge in [0.05, 0.1) is 0 Å². The van der Waals surface area contributed by atoms with Crippen LogP contribution in [0.5, 0.6) is 0 Å². The predicted molar refractivity (Wildman–Crippen MR) is 77.0 cm³/mol. The molecular weight excluding hydrogens is 270 g/mol. The summed E-state index contributed by atoms with van der Waals surface area (Å²) in [6, 6.07) is 5.15. The number of imide groups is 1. The number of carbonyl (C=O) groups excluding carboxylic acids is 2. The first-order valence-electron chi connectivity index (χ1n) is 6.82. The van der Waals surface area contributed by atoms with Crippen molar-refractivity contribution in [3.05, 3.63) is 24.1 Å². The molecule has 0 bridgehead atoms.